The SMILES string of the molecule is CC(C)CCCCCCNCc1cc(F)cc(Br)c1. The van der Waals surface area contributed by atoms with Crippen LogP contribution < -0.4 is 5.32 Å². The first-order chi connectivity index (χ1) is 9.08. The summed E-state index contributed by atoms with van der Waals surface area (Å²) >= 11 is 3.31. The lowest BCUT2D eigenvalue weighted by Crippen LogP contribution is -2.14. The summed E-state index contributed by atoms with van der Waals surface area (Å²) in [6, 6.07) is 5.03. The minimum Gasteiger partial charge on any atom is -0.313 e. The van der Waals surface area contributed by atoms with Gasteiger partial charge in [-0.25, -0.2) is 4.39 Å². The molecule has 0 radical (unpaired) electrons. The van der Waals surface area contributed by atoms with Gasteiger partial charge in [0.05, 0.1) is 0 Å². The lowest BCUT2D eigenvalue weighted by molar-refractivity contribution is 0.512. The van der Waals surface area contributed by atoms with Crippen molar-refractivity contribution >= 4 is 15.9 Å². The quantitative estimate of drug-likeness (QED) is 0.607. The van der Waals surface area contributed by atoms with Crippen molar-refractivity contribution in [3.05, 3.63) is 34.1 Å². The first kappa shape index (κ1) is 16.6. The van der Waals surface area contributed by atoms with Gasteiger partial charge in [-0.2, -0.15) is 0 Å². The molecule has 108 valence electrons. The number of rotatable bonds is 9. The third kappa shape index (κ3) is 8.38. The van der Waals surface area contributed by atoms with Crippen LogP contribution in [0.15, 0.2) is 22.7 Å². The average Bonchev–Trinajstić information content (AvgIpc) is 2.31. The minimum absolute atomic E-state index is 0.181. The van der Waals surface area contributed by atoms with E-state index in [1.54, 1.807) is 6.07 Å². The monoisotopic (exact) mass is 329 g/mol. The number of nitrogens with one attached hydrogen (secondary N) is 1. The highest BCUT2D eigenvalue weighted by molar-refractivity contribution is 9.10. The van der Waals surface area contributed by atoms with Gasteiger partial charge in [0.1, 0.15) is 5.82 Å². The van der Waals surface area contributed by atoms with Crippen LogP contribution in [0, 0.1) is 11.7 Å². The fourth-order valence-electron chi connectivity index (χ4n) is 2.10. The van der Waals surface area contributed by atoms with Crippen LogP contribution in [0.25, 0.3) is 0 Å². The summed E-state index contributed by atoms with van der Waals surface area (Å²) in [7, 11) is 0. The zero-order valence-electron chi connectivity index (χ0n) is 12.0. The van der Waals surface area contributed by atoms with Crippen LogP contribution in [0.4, 0.5) is 4.39 Å². The topological polar surface area (TPSA) is 12.0 Å². The van der Waals surface area contributed by atoms with E-state index in [4.69, 9.17) is 0 Å². The highest BCUT2D eigenvalue weighted by Crippen LogP contribution is 2.14. The minimum atomic E-state index is -0.181. The molecule has 1 nitrogen and oxygen atoms in total. The zero-order chi connectivity index (χ0) is 14.1. The summed E-state index contributed by atoms with van der Waals surface area (Å²) in [4.78, 5) is 0. The predicted octanol–water partition coefficient (Wildman–Crippen LogP) is 5.28. The van der Waals surface area contributed by atoms with E-state index in [1.165, 1.54) is 38.2 Å². The zero-order valence-corrected chi connectivity index (χ0v) is 13.6. The first-order valence-corrected chi connectivity index (χ1v) is 8.03. The van der Waals surface area contributed by atoms with E-state index in [-0.39, 0.29) is 5.82 Å². The van der Waals surface area contributed by atoms with Crippen LogP contribution in [0.1, 0.15) is 51.5 Å². The van der Waals surface area contributed by atoms with E-state index < -0.39 is 0 Å². The van der Waals surface area contributed by atoms with Crippen molar-refractivity contribution in [2.75, 3.05) is 6.54 Å². The molecule has 0 amide bonds. The van der Waals surface area contributed by atoms with E-state index in [1.807, 2.05) is 6.07 Å². The molecule has 1 N–H and O–H groups in total. The van der Waals surface area contributed by atoms with Gasteiger partial charge in [0.2, 0.25) is 0 Å². The van der Waals surface area contributed by atoms with Crippen molar-refractivity contribution in [1.82, 2.24) is 5.32 Å². The highest BCUT2D eigenvalue weighted by Gasteiger charge is 1.99. The van der Waals surface area contributed by atoms with Crippen molar-refractivity contribution < 1.29 is 4.39 Å². The number of halogens is 2. The van der Waals surface area contributed by atoms with Crippen molar-refractivity contribution in [2.24, 2.45) is 5.92 Å². The Balaban J connectivity index is 2.04. The fourth-order valence-corrected chi connectivity index (χ4v) is 2.61. The predicted molar refractivity (Wildman–Crippen MR) is 83.7 cm³/mol. The molecule has 0 aliphatic carbocycles. The molecule has 1 aromatic rings. The summed E-state index contributed by atoms with van der Waals surface area (Å²) in [6.45, 7) is 6.30. The molecule has 0 fully saturated rings. The number of unbranched alkanes of at least 4 members (excludes halogenated alkanes) is 3. The number of hydrogen-bond acceptors (Lipinski definition) is 1. The van der Waals surface area contributed by atoms with E-state index >= 15 is 0 Å². The van der Waals surface area contributed by atoms with Crippen LogP contribution in [0.3, 0.4) is 0 Å². The molecule has 0 bridgehead atoms. The maximum absolute atomic E-state index is 13.2. The van der Waals surface area contributed by atoms with Gasteiger partial charge in [0.15, 0.2) is 0 Å². The second-order valence-corrected chi connectivity index (χ2v) is 6.47. The molecular weight excluding hydrogens is 305 g/mol. The Morgan fingerprint density at radius 1 is 1.11 bits per heavy atom. The van der Waals surface area contributed by atoms with Crippen LogP contribution in [0.2, 0.25) is 0 Å². The second-order valence-electron chi connectivity index (χ2n) is 5.55. The fraction of sp³-hybridized carbons (Fsp3) is 0.625. The Kier molecular flexibility index (Phi) is 8.31. The smallest absolute Gasteiger partial charge is 0.124 e. The van der Waals surface area contributed by atoms with Crippen molar-refractivity contribution in [1.29, 1.82) is 0 Å². The molecule has 0 saturated heterocycles. The van der Waals surface area contributed by atoms with Gasteiger partial charge >= 0.3 is 0 Å². The average molecular weight is 330 g/mol. The molecule has 0 saturated carbocycles. The van der Waals surface area contributed by atoms with Crippen LogP contribution >= 0.6 is 15.9 Å². The third-order valence-electron chi connectivity index (χ3n) is 3.14. The maximum atomic E-state index is 13.2. The highest BCUT2D eigenvalue weighted by atomic mass is 79.9. The molecule has 1 aromatic carbocycles. The summed E-state index contributed by atoms with van der Waals surface area (Å²) in [6.07, 6.45) is 6.49. The lowest BCUT2D eigenvalue weighted by Gasteiger charge is -2.07. The van der Waals surface area contributed by atoms with E-state index in [0.717, 1.165) is 29.0 Å². The van der Waals surface area contributed by atoms with E-state index in [9.17, 15) is 4.39 Å². The molecular formula is C16H25BrFN. The van der Waals surface area contributed by atoms with Crippen LogP contribution in [0.5, 0.6) is 0 Å². The Bertz CT molecular complexity index is 346. The lowest BCUT2D eigenvalue weighted by atomic mass is 10.0. The molecule has 0 aromatic heterocycles. The Morgan fingerprint density at radius 3 is 2.53 bits per heavy atom. The van der Waals surface area contributed by atoms with Gasteiger partial charge in [0.25, 0.3) is 0 Å². The molecule has 0 spiro atoms. The van der Waals surface area contributed by atoms with E-state index in [2.05, 4.69) is 35.1 Å². The van der Waals surface area contributed by atoms with E-state index in [0.29, 0.717) is 0 Å². The normalized spacial score (nSPS) is 11.2. The first-order valence-electron chi connectivity index (χ1n) is 7.23. The van der Waals surface area contributed by atoms with Crippen LogP contribution in [-0.2, 0) is 6.54 Å². The largest absolute Gasteiger partial charge is 0.313 e. The third-order valence-corrected chi connectivity index (χ3v) is 3.59. The van der Waals surface area contributed by atoms with Crippen molar-refractivity contribution in [2.45, 2.75) is 52.5 Å². The van der Waals surface area contributed by atoms with Crippen LogP contribution in [-0.4, -0.2) is 6.54 Å². The Labute approximate surface area is 125 Å². The summed E-state index contributed by atoms with van der Waals surface area (Å²) in [5.74, 6) is 0.643. The van der Waals surface area contributed by atoms with Gasteiger partial charge < -0.3 is 5.32 Å². The molecule has 0 atom stereocenters. The summed E-state index contributed by atoms with van der Waals surface area (Å²) in [5.41, 5.74) is 0.992. The maximum Gasteiger partial charge on any atom is 0.124 e. The van der Waals surface area contributed by atoms with Crippen molar-refractivity contribution in [3.63, 3.8) is 0 Å². The van der Waals surface area contributed by atoms with Gasteiger partial charge in [-0.05, 0) is 42.6 Å². The van der Waals surface area contributed by atoms with Gasteiger partial charge in [-0.1, -0.05) is 55.5 Å². The molecule has 19 heavy (non-hydrogen) atoms. The van der Waals surface area contributed by atoms with Gasteiger partial charge in [0, 0.05) is 11.0 Å². The number of benzene rings is 1. The van der Waals surface area contributed by atoms with Crippen molar-refractivity contribution in [3.8, 4) is 0 Å². The molecule has 0 aliphatic rings. The molecule has 0 heterocycles. The summed E-state index contributed by atoms with van der Waals surface area (Å²) < 4.78 is 14.0. The summed E-state index contributed by atoms with van der Waals surface area (Å²) in [5, 5.41) is 3.37. The Hall–Kier alpha value is -0.410. The molecule has 1 rings (SSSR count). The number of hydrogen-bond donors (Lipinski definition) is 1. The second kappa shape index (κ2) is 9.49. The van der Waals surface area contributed by atoms with Gasteiger partial charge in [-0.15, -0.1) is 0 Å². The molecule has 3 heteroatoms. The van der Waals surface area contributed by atoms with Gasteiger partial charge in [-0.3, -0.25) is 0 Å². The molecule has 0 unspecified atom stereocenters. The standard InChI is InChI=1S/C16H25BrFN/c1-13(2)7-5-3-4-6-8-19-12-14-9-15(17)11-16(18)10-14/h9-11,13,19H,3-8,12H2,1-2H3. The molecule has 0 aliphatic heterocycles. The Morgan fingerprint density at radius 2 is 1.84 bits per heavy atom.